The summed E-state index contributed by atoms with van der Waals surface area (Å²) in [6, 6.07) is 3.96. The molecule has 0 bridgehead atoms. The first-order chi connectivity index (χ1) is 6.36. The number of hydrogen-bond donors (Lipinski definition) is 2. The molecule has 3 N–H and O–H groups in total. The maximum Gasteiger partial charge on any atom is 0.123 e. The predicted octanol–water partition coefficient (Wildman–Crippen LogP) is 1.13. The second kappa shape index (κ2) is 3.75. The Balaban J connectivity index is 2.10. The van der Waals surface area contributed by atoms with Crippen LogP contribution < -0.4 is 11.1 Å². The number of nitrogens with zero attached hydrogens (tertiary/aromatic N) is 1. The normalized spacial score (nSPS) is 22.9. The minimum Gasteiger partial charge on any atom is -0.384 e. The summed E-state index contributed by atoms with van der Waals surface area (Å²) in [4.78, 5) is 4.10. The Morgan fingerprint density at radius 1 is 1.46 bits per heavy atom. The largest absolute Gasteiger partial charge is 0.384 e. The van der Waals surface area contributed by atoms with Gasteiger partial charge in [-0.05, 0) is 36.9 Å². The van der Waals surface area contributed by atoms with Crippen molar-refractivity contribution in [3.05, 3.63) is 23.9 Å². The summed E-state index contributed by atoms with van der Waals surface area (Å²) in [6.07, 6.45) is 4.42. The molecular weight excluding hydrogens is 162 g/mol. The number of anilines is 1. The van der Waals surface area contributed by atoms with Gasteiger partial charge in [0.05, 0.1) is 0 Å². The van der Waals surface area contributed by atoms with Gasteiger partial charge in [-0.2, -0.15) is 0 Å². The number of hydrogen-bond acceptors (Lipinski definition) is 3. The van der Waals surface area contributed by atoms with Gasteiger partial charge in [0.15, 0.2) is 0 Å². The van der Waals surface area contributed by atoms with E-state index in [1.807, 2.05) is 12.3 Å². The molecule has 0 aromatic carbocycles. The van der Waals surface area contributed by atoms with Crippen molar-refractivity contribution in [2.75, 3.05) is 18.8 Å². The number of nitrogens with two attached hydrogens (primary N) is 1. The van der Waals surface area contributed by atoms with Crippen molar-refractivity contribution in [1.82, 2.24) is 10.3 Å². The molecule has 13 heavy (non-hydrogen) atoms. The van der Waals surface area contributed by atoms with Crippen molar-refractivity contribution in [1.29, 1.82) is 0 Å². The predicted molar refractivity (Wildman–Crippen MR) is 53.5 cm³/mol. The number of pyridine rings is 1. The molecule has 1 atom stereocenters. The van der Waals surface area contributed by atoms with Crippen molar-refractivity contribution in [3.8, 4) is 0 Å². The number of nitrogen functional groups attached to an aromatic ring is 1. The van der Waals surface area contributed by atoms with E-state index in [1.54, 1.807) is 0 Å². The van der Waals surface area contributed by atoms with Gasteiger partial charge >= 0.3 is 0 Å². The molecule has 1 aromatic rings. The van der Waals surface area contributed by atoms with Crippen LogP contribution in [0.3, 0.4) is 0 Å². The molecule has 0 amide bonds. The molecule has 0 spiro atoms. The lowest BCUT2D eigenvalue weighted by atomic mass is 9.93. The standard InChI is InChI=1S/C10H15N3/c11-10-4-3-9(7-13-10)8-2-1-5-12-6-8/h3-4,7-8,12H,1-2,5-6H2,(H2,11,13)/t8-/m0/s1. The number of nitrogens with one attached hydrogen (secondary N) is 1. The van der Waals surface area contributed by atoms with Crippen molar-refractivity contribution in [2.45, 2.75) is 18.8 Å². The van der Waals surface area contributed by atoms with Crippen molar-refractivity contribution < 1.29 is 0 Å². The molecule has 0 aliphatic carbocycles. The van der Waals surface area contributed by atoms with E-state index in [1.165, 1.54) is 18.4 Å². The number of piperidine rings is 1. The maximum absolute atomic E-state index is 5.53. The molecular formula is C10H15N3. The van der Waals surface area contributed by atoms with Crippen LogP contribution in [-0.4, -0.2) is 18.1 Å². The molecule has 1 aliphatic heterocycles. The minimum atomic E-state index is 0.604. The lowest BCUT2D eigenvalue weighted by molar-refractivity contribution is 0.461. The first-order valence-electron chi connectivity index (χ1n) is 4.78. The van der Waals surface area contributed by atoms with Gasteiger partial charge in [0.25, 0.3) is 0 Å². The van der Waals surface area contributed by atoms with Gasteiger partial charge in [-0.15, -0.1) is 0 Å². The summed E-state index contributed by atoms with van der Waals surface area (Å²) < 4.78 is 0. The zero-order valence-electron chi connectivity index (χ0n) is 7.66. The Bertz CT molecular complexity index is 262. The van der Waals surface area contributed by atoms with Crippen molar-refractivity contribution in [2.24, 2.45) is 0 Å². The summed E-state index contributed by atoms with van der Waals surface area (Å²) in [5, 5.41) is 3.39. The van der Waals surface area contributed by atoms with Crippen LogP contribution in [0, 0.1) is 0 Å². The molecule has 3 heteroatoms. The van der Waals surface area contributed by atoms with Crippen LogP contribution in [0.1, 0.15) is 24.3 Å². The van der Waals surface area contributed by atoms with E-state index in [4.69, 9.17) is 5.73 Å². The fraction of sp³-hybridized carbons (Fsp3) is 0.500. The molecule has 2 heterocycles. The summed E-state index contributed by atoms with van der Waals surface area (Å²) in [5.74, 6) is 1.23. The molecule has 0 unspecified atom stereocenters. The van der Waals surface area contributed by atoms with Crippen molar-refractivity contribution >= 4 is 5.82 Å². The van der Waals surface area contributed by atoms with Crippen LogP contribution in [0.5, 0.6) is 0 Å². The number of aromatic nitrogens is 1. The Hall–Kier alpha value is -1.09. The SMILES string of the molecule is Nc1ccc([C@H]2CCCNC2)cn1. The topological polar surface area (TPSA) is 50.9 Å². The summed E-state index contributed by atoms with van der Waals surface area (Å²) in [6.45, 7) is 2.23. The van der Waals surface area contributed by atoms with Gasteiger partial charge in [-0.25, -0.2) is 4.98 Å². The average molecular weight is 177 g/mol. The molecule has 1 aliphatic rings. The summed E-state index contributed by atoms with van der Waals surface area (Å²) in [7, 11) is 0. The third kappa shape index (κ3) is 1.98. The van der Waals surface area contributed by atoms with E-state index in [2.05, 4.69) is 16.4 Å². The van der Waals surface area contributed by atoms with Crippen LogP contribution in [0.4, 0.5) is 5.82 Å². The van der Waals surface area contributed by atoms with E-state index in [0.717, 1.165) is 13.1 Å². The fourth-order valence-electron chi connectivity index (χ4n) is 1.79. The van der Waals surface area contributed by atoms with E-state index in [0.29, 0.717) is 11.7 Å². The Labute approximate surface area is 78.4 Å². The van der Waals surface area contributed by atoms with Crippen LogP contribution in [0.2, 0.25) is 0 Å². The van der Waals surface area contributed by atoms with Crippen LogP contribution >= 0.6 is 0 Å². The molecule has 3 nitrogen and oxygen atoms in total. The molecule has 0 saturated carbocycles. The molecule has 70 valence electrons. The molecule has 1 saturated heterocycles. The van der Waals surface area contributed by atoms with E-state index < -0.39 is 0 Å². The zero-order chi connectivity index (χ0) is 9.10. The summed E-state index contributed by atoms with van der Waals surface area (Å²) in [5.41, 5.74) is 6.84. The molecule has 0 radical (unpaired) electrons. The smallest absolute Gasteiger partial charge is 0.123 e. The minimum absolute atomic E-state index is 0.604. The van der Waals surface area contributed by atoms with Gasteiger partial charge in [-0.3, -0.25) is 0 Å². The molecule has 1 aromatic heterocycles. The van der Waals surface area contributed by atoms with Crippen LogP contribution in [0.25, 0.3) is 0 Å². The zero-order valence-corrected chi connectivity index (χ0v) is 7.66. The first kappa shape index (κ1) is 8.51. The quantitative estimate of drug-likeness (QED) is 0.676. The lowest BCUT2D eigenvalue weighted by Crippen LogP contribution is -2.28. The first-order valence-corrected chi connectivity index (χ1v) is 4.78. The second-order valence-corrected chi connectivity index (χ2v) is 3.56. The van der Waals surface area contributed by atoms with Crippen molar-refractivity contribution in [3.63, 3.8) is 0 Å². The van der Waals surface area contributed by atoms with Crippen LogP contribution in [0.15, 0.2) is 18.3 Å². The Morgan fingerprint density at radius 3 is 3.00 bits per heavy atom. The van der Waals surface area contributed by atoms with E-state index >= 15 is 0 Å². The highest BCUT2D eigenvalue weighted by molar-refractivity contribution is 5.31. The highest BCUT2D eigenvalue weighted by Crippen LogP contribution is 2.22. The van der Waals surface area contributed by atoms with Gasteiger partial charge in [0.2, 0.25) is 0 Å². The average Bonchev–Trinajstić information content (AvgIpc) is 2.20. The van der Waals surface area contributed by atoms with Gasteiger partial charge in [0, 0.05) is 12.7 Å². The third-order valence-corrected chi connectivity index (χ3v) is 2.58. The van der Waals surface area contributed by atoms with E-state index in [-0.39, 0.29) is 0 Å². The van der Waals surface area contributed by atoms with Gasteiger partial charge in [0.1, 0.15) is 5.82 Å². The monoisotopic (exact) mass is 177 g/mol. The highest BCUT2D eigenvalue weighted by Gasteiger charge is 2.14. The van der Waals surface area contributed by atoms with Gasteiger partial charge in [-0.1, -0.05) is 6.07 Å². The maximum atomic E-state index is 5.53. The molecule has 1 fully saturated rings. The lowest BCUT2D eigenvalue weighted by Gasteiger charge is -2.22. The number of rotatable bonds is 1. The second-order valence-electron chi connectivity index (χ2n) is 3.56. The van der Waals surface area contributed by atoms with Gasteiger partial charge < -0.3 is 11.1 Å². The fourth-order valence-corrected chi connectivity index (χ4v) is 1.79. The highest BCUT2D eigenvalue weighted by atomic mass is 14.9. The Kier molecular flexibility index (Phi) is 2.45. The summed E-state index contributed by atoms with van der Waals surface area (Å²) >= 11 is 0. The Morgan fingerprint density at radius 2 is 2.38 bits per heavy atom. The molecule has 2 rings (SSSR count). The van der Waals surface area contributed by atoms with E-state index in [9.17, 15) is 0 Å². The van der Waals surface area contributed by atoms with Crippen LogP contribution in [-0.2, 0) is 0 Å². The third-order valence-electron chi connectivity index (χ3n) is 2.58.